The Kier molecular flexibility index (Phi) is 4.26. The minimum atomic E-state index is 0.372. The molecular weight excluding hydrogens is 260 g/mol. The summed E-state index contributed by atoms with van der Waals surface area (Å²) in [6.45, 7) is 8.93. The maximum atomic E-state index is 5.72. The number of nitrogens with zero attached hydrogens (tertiary/aromatic N) is 5. The van der Waals surface area contributed by atoms with Gasteiger partial charge in [0.2, 0.25) is 5.13 Å². The highest BCUT2D eigenvalue weighted by molar-refractivity contribution is 7.13. The Balaban J connectivity index is 2.40. The molecule has 6 nitrogen and oxygen atoms in total. The van der Waals surface area contributed by atoms with E-state index in [2.05, 4.69) is 48.2 Å². The number of rotatable bonds is 5. The second-order valence-corrected chi connectivity index (χ2v) is 6.26. The monoisotopic (exact) mass is 280 g/mol. The van der Waals surface area contributed by atoms with E-state index in [4.69, 9.17) is 5.73 Å². The standard InChI is InChI=1S/C12H20N6S/c1-7(2)5-10-9(6-13)14-17-18(10)12-16-15-11(19-12)8(3)4/h7-8H,5-6,13H2,1-4H3. The van der Waals surface area contributed by atoms with E-state index in [-0.39, 0.29) is 0 Å². The molecule has 2 N–H and O–H groups in total. The van der Waals surface area contributed by atoms with Crippen molar-refractivity contribution >= 4 is 11.3 Å². The fourth-order valence-corrected chi connectivity index (χ4v) is 2.60. The summed E-state index contributed by atoms with van der Waals surface area (Å²) in [7, 11) is 0. The van der Waals surface area contributed by atoms with Gasteiger partial charge >= 0.3 is 0 Å². The predicted molar refractivity (Wildman–Crippen MR) is 75.3 cm³/mol. The van der Waals surface area contributed by atoms with E-state index in [0.29, 0.717) is 18.4 Å². The minimum absolute atomic E-state index is 0.372. The van der Waals surface area contributed by atoms with Gasteiger partial charge in [0, 0.05) is 12.5 Å². The maximum absolute atomic E-state index is 5.72. The molecule has 2 heterocycles. The third-order valence-corrected chi connectivity index (χ3v) is 3.94. The van der Waals surface area contributed by atoms with E-state index in [9.17, 15) is 0 Å². The summed E-state index contributed by atoms with van der Waals surface area (Å²) in [6, 6.07) is 0. The molecule has 0 radical (unpaired) electrons. The Labute approximate surface area is 117 Å². The number of aromatic nitrogens is 5. The van der Waals surface area contributed by atoms with Crippen molar-refractivity contribution in [3.8, 4) is 5.13 Å². The fraction of sp³-hybridized carbons (Fsp3) is 0.667. The lowest BCUT2D eigenvalue weighted by Crippen LogP contribution is -2.09. The van der Waals surface area contributed by atoms with E-state index in [1.165, 1.54) is 0 Å². The number of nitrogens with two attached hydrogens (primary N) is 1. The van der Waals surface area contributed by atoms with Gasteiger partial charge in [0.15, 0.2) is 0 Å². The van der Waals surface area contributed by atoms with Crippen LogP contribution in [0.1, 0.15) is 50.0 Å². The van der Waals surface area contributed by atoms with Crippen LogP contribution in [0, 0.1) is 5.92 Å². The molecule has 0 aliphatic carbocycles. The van der Waals surface area contributed by atoms with Crippen molar-refractivity contribution in [2.45, 2.75) is 46.6 Å². The van der Waals surface area contributed by atoms with E-state index >= 15 is 0 Å². The molecule has 0 amide bonds. The minimum Gasteiger partial charge on any atom is -0.325 e. The summed E-state index contributed by atoms with van der Waals surface area (Å²) in [4.78, 5) is 0. The predicted octanol–water partition coefficient (Wildman–Crippen LogP) is 1.90. The lowest BCUT2D eigenvalue weighted by molar-refractivity contribution is 0.609. The first kappa shape index (κ1) is 14.1. The molecule has 0 aliphatic rings. The fourth-order valence-electron chi connectivity index (χ4n) is 1.78. The van der Waals surface area contributed by atoms with Crippen molar-refractivity contribution in [2.24, 2.45) is 11.7 Å². The second kappa shape index (κ2) is 5.75. The van der Waals surface area contributed by atoms with Crippen molar-refractivity contribution in [3.63, 3.8) is 0 Å². The zero-order valence-electron chi connectivity index (χ0n) is 11.8. The van der Waals surface area contributed by atoms with Crippen molar-refractivity contribution in [3.05, 3.63) is 16.4 Å². The van der Waals surface area contributed by atoms with Crippen LogP contribution in [0.5, 0.6) is 0 Å². The summed E-state index contributed by atoms with van der Waals surface area (Å²) < 4.78 is 1.78. The Hall–Kier alpha value is -1.34. The highest BCUT2D eigenvalue weighted by Gasteiger charge is 2.18. The van der Waals surface area contributed by atoms with Gasteiger partial charge in [-0.05, 0) is 12.3 Å². The van der Waals surface area contributed by atoms with Crippen LogP contribution in [0.15, 0.2) is 0 Å². The quantitative estimate of drug-likeness (QED) is 0.904. The third-order valence-electron chi connectivity index (χ3n) is 2.74. The molecular formula is C12H20N6S. The molecule has 0 saturated carbocycles. The lowest BCUT2D eigenvalue weighted by atomic mass is 10.1. The van der Waals surface area contributed by atoms with Crippen LogP contribution in [-0.2, 0) is 13.0 Å². The zero-order valence-corrected chi connectivity index (χ0v) is 12.6. The molecule has 0 fully saturated rings. The van der Waals surface area contributed by atoms with Gasteiger partial charge in [0.05, 0.1) is 11.4 Å². The first-order valence-corrected chi connectivity index (χ1v) is 7.31. The Morgan fingerprint density at radius 3 is 2.42 bits per heavy atom. The smallest absolute Gasteiger partial charge is 0.234 e. The molecule has 0 unspecified atom stereocenters. The Bertz CT molecular complexity index is 542. The van der Waals surface area contributed by atoms with Crippen LogP contribution in [0.2, 0.25) is 0 Å². The van der Waals surface area contributed by atoms with Crippen LogP contribution in [0.3, 0.4) is 0 Å². The van der Waals surface area contributed by atoms with Gasteiger partial charge in [-0.2, -0.15) is 4.68 Å². The van der Waals surface area contributed by atoms with Crippen molar-refractivity contribution < 1.29 is 0 Å². The van der Waals surface area contributed by atoms with E-state index in [0.717, 1.165) is 27.9 Å². The highest BCUT2D eigenvalue weighted by atomic mass is 32.1. The molecule has 7 heteroatoms. The van der Waals surface area contributed by atoms with Crippen molar-refractivity contribution in [2.75, 3.05) is 0 Å². The molecule has 104 valence electrons. The van der Waals surface area contributed by atoms with Gasteiger partial charge in [0.25, 0.3) is 0 Å². The van der Waals surface area contributed by atoms with E-state index in [1.807, 2.05) is 0 Å². The van der Waals surface area contributed by atoms with Gasteiger partial charge in [-0.25, -0.2) is 0 Å². The van der Waals surface area contributed by atoms with Crippen molar-refractivity contribution in [1.82, 2.24) is 25.2 Å². The Morgan fingerprint density at radius 1 is 1.16 bits per heavy atom. The van der Waals surface area contributed by atoms with Crippen LogP contribution in [0.4, 0.5) is 0 Å². The first-order chi connectivity index (χ1) is 9.02. The summed E-state index contributed by atoms with van der Waals surface area (Å²) in [6.07, 6.45) is 0.885. The second-order valence-electron chi connectivity index (χ2n) is 5.27. The molecule has 2 aromatic rings. The van der Waals surface area contributed by atoms with Gasteiger partial charge in [-0.3, -0.25) is 0 Å². The van der Waals surface area contributed by atoms with Crippen LogP contribution >= 0.6 is 11.3 Å². The van der Waals surface area contributed by atoms with Crippen LogP contribution in [-0.4, -0.2) is 25.2 Å². The topological polar surface area (TPSA) is 82.5 Å². The molecule has 2 rings (SSSR count). The molecule has 0 saturated heterocycles. The summed E-state index contributed by atoms with van der Waals surface area (Å²) in [5.74, 6) is 0.886. The molecule has 0 aromatic carbocycles. The first-order valence-electron chi connectivity index (χ1n) is 6.50. The summed E-state index contributed by atoms with van der Waals surface area (Å²) in [5.41, 5.74) is 7.61. The van der Waals surface area contributed by atoms with Crippen LogP contribution in [0.25, 0.3) is 5.13 Å². The summed E-state index contributed by atoms with van der Waals surface area (Å²) in [5, 5.41) is 18.5. The largest absolute Gasteiger partial charge is 0.325 e. The maximum Gasteiger partial charge on any atom is 0.234 e. The molecule has 2 aromatic heterocycles. The number of hydrogen-bond donors (Lipinski definition) is 1. The molecule has 19 heavy (non-hydrogen) atoms. The summed E-state index contributed by atoms with van der Waals surface area (Å²) >= 11 is 1.56. The van der Waals surface area contributed by atoms with Gasteiger partial charge in [0.1, 0.15) is 5.01 Å². The average molecular weight is 280 g/mol. The van der Waals surface area contributed by atoms with Crippen molar-refractivity contribution in [1.29, 1.82) is 0 Å². The van der Waals surface area contributed by atoms with Gasteiger partial charge < -0.3 is 5.73 Å². The van der Waals surface area contributed by atoms with E-state index < -0.39 is 0 Å². The average Bonchev–Trinajstić information content (AvgIpc) is 2.94. The van der Waals surface area contributed by atoms with Gasteiger partial charge in [-0.1, -0.05) is 44.2 Å². The molecule has 0 bridgehead atoms. The molecule has 0 spiro atoms. The third kappa shape index (κ3) is 2.98. The SMILES string of the molecule is CC(C)Cc1c(CN)nnn1-c1nnc(C(C)C)s1. The van der Waals surface area contributed by atoms with E-state index in [1.54, 1.807) is 16.0 Å². The zero-order chi connectivity index (χ0) is 14.0. The molecule has 0 aliphatic heterocycles. The number of hydrogen-bond acceptors (Lipinski definition) is 6. The van der Waals surface area contributed by atoms with Crippen LogP contribution < -0.4 is 5.73 Å². The lowest BCUT2D eigenvalue weighted by Gasteiger charge is -2.06. The normalized spacial score (nSPS) is 11.7. The highest BCUT2D eigenvalue weighted by Crippen LogP contribution is 2.23. The Morgan fingerprint density at radius 2 is 1.89 bits per heavy atom. The van der Waals surface area contributed by atoms with Gasteiger partial charge in [-0.15, -0.1) is 15.3 Å². The molecule has 0 atom stereocenters.